The molecule has 1 aliphatic rings. The fourth-order valence-electron chi connectivity index (χ4n) is 2.27. The summed E-state index contributed by atoms with van der Waals surface area (Å²) < 4.78 is 5.37. The summed E-state index contributed by atoms with van der Waals surface area (Å²) >= 11 is 0. The Morgan fingerprint density at radius 1 is 1.62 bits per heavy atom. The summed E-state index contributed by atoms with van der Waals surface area (Å²) in [5.41, 5.74) is 1.27. The van der Waals surface area contributed by atoms with E-state index in [-0.39, 0.29) is 13.0 Å². The normalized spacial score (nSPS) is 17.0. The molecule has 0 fully saturated rings. The second-order valence-electron chi connectivity index (χ2n) is 5.91. The van der Waals surface area contributed by atoms with Crippen molar-refractivity contribution in [2.45, 2.75) is 45.4 Å². The molecule has 1 aromatic rings. The predicted molar refractivity (Wildman–Crippen MR) is 74.4 cm³/mol. The van der Waals surface area contributed by atoms with E-state index in [0.717, 1.165) is 5.56 Å². The number of hydrogen-bond acceptors (Lipinski definition) is 5. The molecule has 0 N–H and O–H groups in total. The van der Waals surface area contributed by atoms with Crippen LogP contribution in [-0.2, 0) is 11.3 Å². The third-order valence-corrected chi connectivity index (χ3v) is 3.13. The van der Waals surface area contributed by atoms with Gasteiger partial charge < -0.3 is 4.74 Å². The van der Waals surface area contributed by atoms with Crippen LogP contribution in [0, 0.1) is 11.3 Å². The van der Waals surface area contributed by atoms with Crippen molar-refractivity contribution >= 4 is 12.4 Å². The summed E-state index contributed by atoms with van der Waals surface area (Å²) in [6, 6.07) is 3.33. The van der Waals surface area contributed by atoms with Crippen molar-refractivity contribution in [3.63, 3.8) is 0 Å². The van der Waals surface area contributed by atoms with Crippen LogP contribution >= 0.6 is 0 Å². The third-order valence-electron chi connectivity index (χ3n) is 3.13. The number of rotatable bonds is 2. The van der Waals surface area contributed by atoms with E-state index >= 15 is 0 Å². The van der Waals surface area contributed by atoms with Crippen LogP contribution in [0.4, 0.5) is 4.79 Å². The number of amides is 1. The second-order valence-corrected chi connectivity index (χ2v) is 5.91. The SMILES string of the molecule is CC(C)(C)OC(=O)N1Cc2ncc(C=O)cc2C1CC#N. The van der Waals surface area contributed by atoms with Crippen LogP contribution in [0.3, 0.4) is 0 Å². The summed E-state index contributed by atoms with van der Waals surface area (Å²) in [5, 5.41) is 8.99. The largest absolute Gasteiger partial charge is 0.444 e. The summed E-state index contributed by atoms with van der Waals surface area (Å²) in [7, 11) is 0. The van der Waals surface area contributed by atoms with Crippen molar-refractivity contribution in [2.24, 2.45) is 0 Å². The maximum Gasteiger partial charge on any atom is 0.411 e. The highest BCUT2D eigenvalue weighted by molar-refractivity contribution is 5.75. The van der Waals surface area contributed by atoms with Gasteiger partial charge in [0.1, 0.15) is 5.60 Å². The molecule has 6 nitrogen and oxygen atoms in total. The molecular weight excluding hydrogens is 270 g/mol. The Hall–Kier alpha value is -2.42. The molecule has 1 unspecified atom stereocenters. The topological polar surface area (TPSA) is 83.3 Å². The summed E-state index contributed by atoms with van der Waals surface area (Å²) in [6.07, 6.45) is 1.82. The molecule has 0 spiro atoms. The molecule has 0 aromatic carbocycles. The van der Waals surface area contributed by atoms with Crippen LogP contribution in [-0.4, -0.2) is 27.9 Å². The van der Waals surface area contributed by atoms with E-state index in [0.29, 0.717) is 17.5 Å². The Balaban J connectivity index is 2.31. The maximum atomic E-state index is 12.3. The van der Waals surface area contributed by atoms with Crippen molar-refractivity contribution < 1.29 is 14.3 Å². The minimum Gasteiger partial charge on any atom is -0.444 e. The zero-order valence-electron chi connectivity index (χ0n) is 12.3. The maximum absolute atomic E-state index is 12.3. The first-order valence-electron chi connectivity index (χ1n) is 6.66. The van der Waals surface area contributed by atoms with E-state index in [2.05, 4.69) is 11.1 Å². The van der Waals surface area contributed by atoms with Crippen molar-refractivity contribution in [3.8, 4) is 6.07 Å². The molecule has 0 saturated carbocycles. The highest BCUT2D eigenvalue weighted by atomic mass is 16.6. The first-order valence-corrected chi connectivity index (χ1v) is 6.66. The third kappa shape index (κ3) is 3.19. The van der Waals surface area contributed by atoms with E-state index < -0.39 is 17.7 Å². The fraction of sp³-hybridized carbons (Fsp3) is 0.467. The molecule has 1 aliphatic heterocycles. The highest BCUT2D eigenvalue weighted by Gasteiger charge is 2.37. The van der Waals surface area contributed by atoms with Gasteiger partial charge in [0.05, 0.1) is 30.8 Å². The number of nitrogens with zero attached hydrogens (tertiary/aromatic N) is 3. The van der Waals surface area contributed by atoms with Crippen LogP contribution in [0.1, 0.15) is 54.8 Å². The van der Waals surface area contributed by atoms with Crippen LogP contribution in [0.5, 0.6) is 0 Å². The molecule has 0 aliphatic carbocycles. The average Bonchev–Trinajstić information content (AvgIpc) is 2.75. The van der Waals surface area contributed by atoms with Crippen LogP contribution < -0.4 is 0 Å². The number of aldehydes is 1. The Bertz CT molecular complexity index is 614. The number of pyridine rings is 1. The van der Waals surface area contributed by atoms with Gasteiger partial charge in [-0.1, -0.05) is 0 Å². The van der Waals surface area contributed by atoms with Gasteiger partial charge in [-0.3, -0.25) is 14.7 Å². The summed E-state index contributed by atoms with van der Waals surface area (Å²) in [6.45, 7) is 5.65. The Kier molecular flexibility index (Phi) is 3.94. The first kappa shape index (κ1) is 15.0. The zero-order valence-corrected chi connectivity index (χ0v) is 12.3. The molecule has 2 heterocycles. The van der Waals surface area contributed by atoms with Gasteiger partial charge in [-0.15, -0.1) is 0 Å². The quantitative estimate of drug-likeness (QED) is 0.781. The van der Waals surface area contributed by atoms with Gasteiger partial charge in [0.25, 0.3) is 0 Å². The van der Waals surface area contributed by atoms with Gasteiger partial charge in [0.2, 0.25) is 0 Å². The standard InChI is InChI=1S/C15H17N3O3/c1-15(2,3)21-14(20)18-8-12-11(13(18)4-5-16)6-10(9-19)7-17-12/h6-7,9,13H,4,8H2,1-3H3. The lowest BCUT2D eigenvalue weighted by molar-refractivity contribution is 0.0174. The number of ether oxygens (including phenoxy) is 1. The van der Waals surface area contributed by atoms with Gasteiger partial charge in [0, 0.05) is 11.8 Å². The van der Waals surface area contributed by atoms with E-state index in [1.165, 1.54) is 11.1 Å². The molecule has 0 bridgehead atoms. The Labute approximate surface area is 123 Å². The number of carbonyl (C=O) groups excluding carboxylic acids is 2. The number of nitriles is 1. The minimum absolute atomic E-state index is 0.135. The summed E-state index contributed by atoms with van der Waals surface area (Å²) in [4.78, 5) is 28.8. The minimum atomic E-state index is -0.607. The monoisotopic (exact) mass is 287 g/mol. The van der Waals surface area contributed by atoms with E-state index in [1.54, 1.807) is 26.8 Å². The molecule has 1 amide bonds. The van der Waals surface area contributed by atoms with Crippen LogP contribution in [0.2, 0.25) is 0 Å². The van der Waals surface area contributed by atoms with E-state index in [4.69, 9.17) is 10.00 Å². The fourth-order valence-corrected chi connectivity index (χ4v) is 2.27. The Morgan fingerprint density at radius 2 is 2.33 bits per heavy atom. The molecular formula is C15H17N3O3. The van der Waals surface area contributed by atoms with Gasteiger partial charge in [0.15, 0.2) is 6.29 Å². The van der Waals surface area contributed by atoms with E-state index in [1.807, 2.05) is 0 Å². The van der Waals surface area contributed by atoms with Crippen LogP contribution in [0.25, 0.3) is 0 Å². The molecule has 6 heteroatoms. The van der Waals surface area contributed by atoms with Crippen molar-refractivity contribution in [3.05, 3.63) is 29.1 Å². The number of aromatic nitrogens is 1. The van der Waals surface area contributed by atoms with Crippen molar-refractivity contribution in [2.75, 3.05) is 0 Å². The van der Waals surface area contributed by atoms with E-state index in [9.17, 15) is 9.59 Å². The summed E-state index contributed by atoms with van der Waals surface area (Å²) in [5.74, 6) is 0. The second kappa shape index (κ2) is 5.52. The zero-order chi connectivity index (χ0) is 15.6. The number of fused-ring (bicyclic) bond motifs is 1. The first-order chi connectivity index (χ1) is 9.85. The van der Waals surface area contributed by atoms with Gasteiger partial charge >= 0.3 is 6.09 Å². The molecule has 110 valence electrons. The molecule has 2 rings (SSSR count). The molecule has 0 saturated heterocycles. The lowest BCUT2D eigenvalue weighted by Crippen LogP contribution is -2.35. The Morgan fingerprint density at radius 3 is 2.90 bits per heavy atom. The van der Waals surface area contributed by atoms with Gasteiger partial charge in [-0.05, 0) is 32.4 Å². The van der Waals surface area contributed by atoms with Gasteiger partial charge in [-0.25, -0.2) is 4.79 Å². The highest BCUT2D eigenvalue weighted by Crippen LogP contribution is 2.36. The lowest BCUT2D eigenvalue weighted by Gasteiger charge is -2.27. The number of carbonyl (C=O) groups is 2. The molecule has 1 atom stereocenters. The number of hydrogen-bond donors (Lipinski definition) is 0. The van der Waals surface area contributed by atoms with Crippen LogP contribution in [0.15, 0.2) is 12.3 Å². The predicted octanol–water partition coefficient (Wildman–Crippen LogP) is 2.60. The van der Waals surface area contributed by atoms with Crippen molar-refractivity contribution in [1.82, 2.24) is 9.88 Å². The average molecular weight is 287 g/mol. The molecule has 0 radical (unpaired) electrons. The smallest absolute Gasteiger partial charge is 0.411 e. The van der Waals surface area contributed by atoms with Gasteiger partial charge in [-0.2, -0.15) is 5.26 Å². The molecule has 1 aromatic heterocycles. The van der Waals surface area contributed by atoms with Crippen molar-refractivity contribution in [1.29, 1.82) is 5.26 Å². The lowest BCUT2D eigenvalue weighted by atomic mass is 10.0. The molecule has 21 heavy (non-hydrogen) atoms.